The van der Waals surface area contributed by atoms with E-state index in [1.165, 1.54) is 17.7 Å². The first-order chi connectivity index (χ1) is 10.2. The van der Waals surface area contributed by atoms with Crippen molar-refractivity contribution in [3.63, 3.8) is 0 Å². The van der Waals surface area contributed by atoms with E-state index in [0.717, 1.165) is 32.8 Å². The van der Waals surface area contributed by atoms with Crippen molar-refractivity contribution in [3.05, 3.63) is 23.8 Å². The summed E-state index contributed by atoms with van der Waals surface area (Å²) in [5.74, 6) is 0.530. The average molecular weight is 341 g/mol. The highest BCUT2D eigenvalue weighted by Crippen LogP contribution is 2.20. The Morgan fingerprint density at radius 3 is 2.14 bits per heavy atom. The summed E-state index contributed by atoms with van der Waals surface area (Å²) >= 11 is 0. The molecule has 1 atom stereocenters. The van der Waals surface area contributed by atoms with Gasteiger partial charge in [0.25, 0.3) is 0 Å². The van der Waals surface area contributed by atoms with Crippen LogP contribution < -0.4 is 0 Å². The van der Waals surface area contributed by atoms with Crippen LogP contribution >= 0.6 is 0 Å². The van der Waals surface area contributed by atoms with E-state index in [2.05, 4.69) is 57.5 Å². The Labute approximate surface area is 140 Å². The van der Waals surface area contributed by atoms with Crippen LogP contribution in [-0.2, 0) is 9.47 Å². The quantitative estimate of drug-likeness (QED) is 0.402. The van der Waals surface area contributed by atoms with Crippen molar-refractivity contribution < 1.29 is 9.47 Å². The second-order valence-corrected chi connectivity index (χ2v) is 20.2. The number of rotatable bonds is 10. The van der Waals surface area contributed by atoms with Crippen molar-refractivity contribution in [3.8, 4) is 0 Å². The minimum atomic E-state index is -0.970. The van der Waals surface area contributed by atoms with Crippen LogP contribution in [0.1, 0.15) is 6.42 Å². The molecule has 0 bridgehead atoms. The van der Waals surface area contributed by atoms with E-state index < -0.39 is 16.1 Å². The summed E-state index contributed by atoms with van der Waals surface area (Å²) in [7, 11) is -1.94. The zero-order chi connectivity index (χ0) is 16.6. The van der Waals surface area contributed by atoms with Gasteiger partial charge < -0.3 is 9.47 Å². The first kappa shape index (κ1) is 19.9. The smallest absolute Gasteiger partial charge is 0.0679 e. The van der Waals surface area contributed by atoms with Gasteiger partial charge in [-0.05, 0) is 24.1 Å². The highest BCUT2D eigenvalue weighted by atomic mass is 28.3. The minimum Gasteiger partial charge on any atom is -0.381 e. The van der Waals surface area contributed by atoms with E-state index in [-0.39, 0.29) is 0 Å². The molecular formula is C18H36O2Si2. The standard InChI is InChI=1S/C18H36O2Si2/c1-21(2,3)12-10-19-15-17-8-7-9-18(14-17)16-20-11-13-22(4,5)6/h7-9,17H,10-16H2,1-6H3. The van der Waals surface area contributed by atoms with Crippen LogP contribution in [0.2, 0.25) is 51.4 Å². The number of allylic oxidation sites excluding steroid dienone is 2. The molecule has 0 spiro atoms. The topological polar surface area (TPSA) is 18.5 Å². The zero-order valence-electron chi connectivity index (χ0n) is 15.6. The molecule has 1 rings (SSSR count). The summed E-state index contributed by atoms with van der Waals surface area (Å²) in [5.41, 5.74) is 1.41. The molecule has 1 aliphatic rings. The van der Waals surface area contributed by atoms with Gasteiger partial charge in [-0.15, -0.1) is 0 Å². The van der Waals surface area contributed by atoms with Crippen LogP contribution in [0, 0.1) is 5.92 Å². The van der Waals surface area contributed by atoms with Crippen molar-refractivity contribution >= 4 is 16.1 Å². The maximum atomic E-state index is 5.89. The molecule has 0 heterocycles. The fourth-order valence-electron chi connectivity index (χ4n) is 2.24. The van der Waals surface area contributed by atoms with E-state index in [9.17, 15) is 0 Å². The summed E-state index contributed by atoms with van der Waals surface area (Å²) in [6.45, 7) is 17.9. The number of hydrogen-bond donors (Lipinski definition) is 0. The van der Waals surface area contributed by atoms with Crippen molar-refractivity contribution in [2.45, 2.75) is 57.8 Å². The normalized spacial score (nSPS) is 19.4. The Bertz CT molecular complexity index is 376. The van der Waals surface area contributed by atoms with Gasteiger partial charge in [0.2, 0.25) is 0 Å². The number of hydrogen-bond acceptors (Lipinski definition) is 2. The minimum absolute atomic E-state index is 0.530. The van der Waals surface area contributed by atoms with Crippen LogP contribution in [0.5, 0.6) is 0 Å². The Morgan fingerprint density at radius 1 is 0.955 bits per heavy atom. The van der Waals surface area contributed by atoms with Gasteiger partial charge in [-0.25, -0.2) is 0 Å². The van der Waals surface area contributed by atoms with E-state index >= 15 is 0 Å². The summed E-state index contributed by atoms with van der Waals surface area (Å²) in [5, 5.41) is 0. The largest absolute Gasteiger partial charge is 0.381 e. The van der Waals surface area contributed by atoms with Gasteiger partial charge in [-0.1, -0.05) is 57.5 Å². The first-order valence-corrected chi connectivity index (χ1v) is 16.1. The molecule has 22 heavy (non-hydrogen) atoms. The lowest BCUT2D eigenvalue weighted by Gasteiger charge is -2.21. The summed E-state index contributed by atoms with van der Waals surface area (Å²) in [4.78, 5) is 0. The van der Waals surface area contributed by atoms with Crippen LogP contribution in [-0.4, -0.2) is 42.6 Å². The molecule has 0 radical (unpaired) electrons. The molecular weight excluding hydrogens is 304 g/mol. The molecule has 2 nitrogen and oxygen atoms in total. The van der Waals surface area contributed by atoms with Crippen molar-refractivity contribution in [1.82, 2.24) is 0 Å². The summed E-state index contributed by atoms with van der Waals surface area (Å²) < 4.78 is 11.8. The molecule has 0 aliphatic heterocycles. The number of ether oxygens (including phenoxy) is 2. The van der Waals surface area contributed by atoms with E-state index in [4.69, 9.17) is 9.47 Å². The molecule has 0 N–H and O–H groups in total. The average Bonchev–Trinajstić information content (AvgIpc) is 2.38. The molecule has 0 amide bonds. The molecule has 0 aromatic carbocycles. The molecule has 1 unspecified atom stereocenters. The van der Waals surface area contributed by atoms with Crippen molar-refractivity contribution in [2.24, 2.45) is 5.92 Å². The maximum absolute atomic E-state index is 5.89. The Morgan fingerprint density at radius 2 is 1.55 bits per heavy atom. The lowest BCUT2D eigenvalue weighted by atomic mass is 9.95. The molecule has 1 aliphatic carbocycles. The summed E-state index contributed by atoms with van der Waals surface area (Å²) in [6, 6.07) is 2.51. The second kappa shape index (κ2) is 9.21. The SMILES string of the molecule is C[Si](C)(C)CCOCC1=CC=CC(COCC[Si](C)(C)C)C1. The third-order valence-electron chi connectivity index (χ3n) is 3.85. The second-order valence-electron chi connectivity index (χ2n) is 8.92. The van der Waals surface area contributed by atoms with Gasteiger partial charge in [-0.2, -0.15) is 0 Å². The fraction of sp³-hybridized carbons (Fsp3) is 0.778. The monoisotopic (exact) mass is 340 g/mol. The van der Waals surface area contributed by atoms with Gasteiger partial charge in [0.05, 0.1) is 13.2 Å². The molecule has 128 valence electrons. The Balaban J connectivity index is 2.16. The van der Waals surface area contributed by atoms with Gasteiger partial charge in [0, 0.05) is 35.3 Å². The Kier molecular flexibility index (Phi) is 8.32. The third kappa shape index (κ3) is 10.5. The molecule has 0 fully saturated rings. The predicted octanol–water partition coefficient (Wildman–Crippen LogP) is 5.20. The molecule has 4 heteroatoms. The van der Waals surface area contributed by atoms with Gasteiger partial charge in [0.15, 0.2) is 0 Å². The first-order valence-electron chi connectivity index (χ1n) is 8.67. The van der Waals surface area contributed by atoms with Crippen LogP contribution in [0.15, 0.2) is 23.8 Å². The lowest BCUT2D eigenvalue weighted by molar-refractivity contribution is 0.119. The molecule has 0 aromatic heterocycles. The van der Waals surface area contributed by atoms with Crippen LogP contribution in [0.4, 0.5) is 0 Å². The lowest BCUT2D eigenvalue weighted by Crippen LogP contribution is -2.23. The third-order valence-corrected chi connectivity index (χ3v) is 7.26. The van der Waals surface area contributed by atoms with Gasteiger partial charge in [-0.3, -0.25) is 0 Å². The van der Waals surface area contributed by atoms with Crippen LogP contribution in [0.3, 0.4) is 0 Å². The van der Waals surface area contributed by atoms with Crippen molar-refractivity contribution in [1.29, 1.82) is 0 Å². The van der Waals surface area contributed by atoms with E-state index in [0.29, 0.717) is 5.92 Å². The van der Waals surface area contributed by atoms with Crippen molar-refractivity contribution in [2.75, 3.05) is 26.4 Å². The zero-order valence-corrected chi connectivity index (χ0v) is 17.6. The van der Waals surface area contributed by atoms with Gasteiger partial charge >= 0.3 is 0 Å². The van der Waals surface area contributed by atoms with E-state index in [1.54, 1.807) is 0 Å². The molecule has 0 saturated heterocycles. The summed E-state index contributed by atoms with van der Waals surface area (Å²) in [6.07, 6.45) is 7.76. The van der Waals surface area contributed by atoms with Crippen LogP contribution in [0.25, 0.3) is 0 Å². The Hall–Kier alpha value is -0.166. The highest BCUT2D eigenvalue weighted by Gasteiger charge is 2.16. The maximum Gasteiger partial charge on any atom is 0.0679 e. The van der Waals surface area contributed by atoms with E-state index in [1.807, 2.05) is 0 Å². The predicted molar refractivity (Wildman–Crippen MR) is 103 cm³/mol. The molecule has 0 saturated carbocycles. The van der Waals surface area contributed by atoms with Gasteiger partial charge in [0.1, 0.15) is 0 Å². The fourth-order valence-corrected chi connectivity index (χ4v) is 3.75. The molecule has 0 aromatic rings. The highest BCUT2D eigenvalue weighted by molar-refractivity contribution is 6.76.